The normalized spacial score (nSPS) is 12.4. The minimum Gasteiger partial charge on any atom is -0.497 e. The Balaban J connectivity index is 1.84. The van der Waals surface area contributed by atoms with Crippen molar-refractivity contribution in [2.24, 2.45) is 0 Å². The number of hydrogen-bond donors (Lipinski definition) is 1. The molecule has 4 aromatic rings. The fourth-order valence-corrected chi connectivity index (χ4v) is 6.58. The number of ether oxygens (including phenoxy) is 2. The second-order valence-corrected chi connectivity index (χ2v) is 13.0. The Bertz CT molecular complexity index is 1720. The molecule has 0 aliphatic heterocycles. The lowest BCUT2D eigenvalue weighted by Gasteiger charge is -2.34. The van der Waals surface area contributed by atoms with Crippen LogP contribution in [0.15, 0.2) is 114 Å². The maximum Gasteiger partial charge on any atom is 0.264 e. The molecular formula is C37H43N3O6S. The molecule has 0 saturated carbocycles. The lowest BCUT2D eigenvalue weighted by molar-refractivity contribution is -0.140. The third-order valence-corrected chi connectivity index (χ3v) is 9.58. The molecule has 0 fully saturated rings. The van der Waals surface area contributed by atoms with Crippen LogP contribution < -0.4 is 19.1 Å². The van der Waals surface area contributed by atoms with Gasteiger partial charge in [0.05, 0.1) is 24.3 Å². The zero-order valence-electron chi connectivity index (χ0n) is 27.3. The van der Waals surface area contributed by atoms with Crippen molar-refractivity contribution in [1.82, 2.24) is 10.2 Å². The van der Waals surface area contributed by atoms with Crippen LogP contribution in [0.3, 0.4) is 0 Å². The van der Waals surface area contributed by atoms with Crippen LogP contribution >= 0.6 is 0 Å². The number of carbonyl (C=O) groups excluding carboxylic acids is 2. The van der Waals surface area contributed by atoms with Crippen molar-refractivity contribution >= 4 is 27.5 Å². The molecule has 0 aromatic heterocycles. The number of carbonyl (C=O) groups is 2. The third-order valence-electron chi connectivity index (χ3n) is 7.80. The van der Waals surface area contributed by atoms with Crippen molar-refractivity contribution < 1.29 is 27.5 Å². The molecule has 248 valence electrons. The first kappa shape index (κ1) is 35.0. The van der Waals surface area contributed by atoms with Crippen molar-refractivity contribution in [3.05, 3.63) is 120 Å². The molecule has 0 heterocycles. The SMILES string of the molecule is CCOc1ccccc1N(CC(=O)N(Cc1cccc(OC)c1)[C@@H](Cc1ccccc1)C(=O)N[C@H](C)CC)S(=O)(=O)c1ccccc1. The van der Waals surface area contributed by atoms with Gasteiger partial charge in [0.15, 0.2) is 0 Å². The van der Waals surface area contributed by atoms with E-state index in [1.807, 2.05) is 56.3 Å². The highest BCUT2D eigenvalue weighted by Gasteiger charge is 2.35. The summed E-state index contributed by atoms with van der Waals surface area (Å²) in [6, 6.07) is 30.3. The minimum absolute atomic E-state index is 0.0220. The topological polar surface area (TPSA) is 105 Å². The van der Waals surface area contributed by atoms with Crippen LogP contribution in [-0.2, 0) is 32.6 Å². The summed E-state index contributed by atoms with van der Waals surface area (Å²) >= 11 is 0. The van der Waals surface area contributed by atoms with Gasteiger partial charge in [-0.15, -0.1) is 0 Å². The van der Waals surface area contributed by atoms with Gasteiger partial charge in [0.25, 0.3) is 10.0 Å². The number of benzene rings is 4. The van der Waals surface area contributed by atoms with Crippen molar-refractivity contribution in [2.45, 2.75) is 57.1 Å². The molecule has 1 N–H and O–H groups in total. The van der Waals surface area contributed by atoms with E-state index >= 15 is 0 Å². The molecule has 2 amide bonds. The number of nitrogens with one attached hydrogen (secondary N) is 1. The number of amides is 2. The Labute approximate surface area is 278 Å². The lowest BCUT2D eigenvalue weighted by atomic mass is 10.0. The highest BCUT2D eigenvalue weighted by Crippen LogP contribution is 2.33. The molecule has 0 spiro atoms. The number of sulfonamides is 1. The highest BCUT2D eigenvalue weighted by molar-refractivity contribution is 7.92. The Hall–Kier alpha value is -4.83. The summed E-state index contributed by atoms with van der Waals surface area (Å²) in [5.41, 5.74) is 1.80. The summed E-state index contributed by atoms with van der Waals surface area (Å²) in [6.45, 7) is 5.43. The number of para-hydroxylation sites is 2. The molecule has 0 radical (unpaired) electrons. The first-order valence-electron chi connectivity index (χ1n) is 15.7. The average molecular weight is 658 g/mol. The summed E-state index contributed by atoms with van der Waals surface area (Å²) in [4.78, 5) is 30.2. The van der Waals surface area contributed by atoms with Crippen LogP contribution in [-0.4, -0.2) is 57.5 Å². The molecular weight excluding hydrogens is 614 g/mol. The summed E-state index contributed by atoms with van der Waals surface area (Å²) < 4.78 is 40.9. The molecule has 0 aliphatic rings. The molecule has 0 bridgehead atoms. The first-order chi connectivity index (χ1) is 22.7. The van der Waals surface area contributed by atoms with E-state index in [1.54, 1.807) is 68.6 Å². The maximum atomic E-state index is 14.7. The number of rotatable bonds is 16. The molecule has 0 saturated heterocycles. The van der Waals surface area contributed by atoms with E-state index in [1.165, 1.54) is 17.0 Å². The monoisotopic (exact) mass is 657 g/mol. The van der Waals surface area contributed by atoms with Gasteiger partial charge in [-0.3, -0.25) is 13.9 Å². The van der Waals surface area contributed by atoms with Gasteiger partial charge in [0.2, 0.25) is 11.8 Å². The molecule has 9 nitrogen and oxygen atoms in total. The fourth-order valence-electron chi connectivity index (χ4n) is 5.14. The van der Waals surface area contributed by atoms with E-state index < -0.39 is 28.5 Å². The summed E-state index contributed by atoms with van der Waals surface area (Å²) in [6.07, 6.45) is 0.921. The summed E-state index contributed by atoms with van der Waals surface area (Å²) in [7, 11) is -2.69. The van der Waals surface area contributed by atoms with Crippen LogP contribution in [0.1, 0.15) is 38.3 Å². The number of hydrogen-bond acceptors (Lipinski definition) is 6. The fraction of sp³-hybridized carbons (Fsp3) is 0.297. The molecule has 0 unspecified atom stereocenters. The van der Waals surface area contributed by atoms with Crippen molar-refractivity contribution in [3.8, 4) is 11.5 Å². The molecule has 2 atom stereocenters. The minimum atomic E-state index is -4.25. The van der Waals surface area contributed by atoms with Gasteiger partial charge in [0, 0.05) is 19.0 Å². The predicted octanol–water partition coefficient (Wildman–Crippen LogP) is 5.84. The second-order valence-electron chi connectivity index (χ2n) is 11.1. The van der Waals surface area contributed by atoms with Crippen LogP contribution in [0, 0.1) is 0 Å². The second kappa shape index (κ2) is 16.6. The highest BCUT2D eigenvalue weighted by atomic mass is 32.2. The van der Waals surface area contributed by atoms with Gasteiger partial charge in [-0.1, -0.05) is 79.7 Å². The van der Waals surface area contributed by atoms with Gasteiger partial charge in [0.1, 0.15) is 24.1 Å². The van der Waals surface area contributed by atoms with E-state index in [2.05, 4.69) is 5.32 Å². The van der Waals surface area contributed by atoms with Crippen LogP contribution in [0.4, 0.5) is 5.69 Å². The van der Waals surface area contributed by atoms with Gasteiger partial charge in [-0.2, -0.15) is 0 Å². The number of anilines is 1. The van der Waals surface area contributed by atoms with Crippen molar-refractivity contribution in [3.63, 3.8) is 0 Å². The Morgan fingerprint density at radius 2 is 1.47 bits per heavy atom. The predicted molar refractivity (Wildman–Crippen MR) is 184 cm³/mol. The van der Waals surface area contributed by atoms with E-state index in [0.717, 1.165) is 15.4 Å². The zero-order chi connectivity index (χ0) is 33.8. The van der Waals surface area contributed by atoms with E-state index in [0.29, 0.717) is 24.5 Å². The molecule has 0 aliphatic carbocycles. The van der Waals surface area contributed by atoms with Crippen molar-refractivity contribution in [1.29, 1.82) is 0 Å². The molecule has 47 heavy (non-hydrogen) atoms. The summed E-state index contributed by atoms with van der Waals surface area (Å²) in [5, 5.41) is 3.05. The quantitative estimate of drug-likeness (QED) is 0.162. The molecule has 10 heteroatoms. The van der Waals surface area contributed by atoms with E-state index in [4.69, 9.17) is 9.47 Å². The van der Waals surface area contributed by atoms with Crippen LogP contribution in [0.2, 0.25) is 0 Å². The average Bonchev–Trinajstić information content (AvgIpc) is 3.09. The Morgan fingerprint density at radius 1 is 0.830 bits per heavy atom. The van der Waals surface area contributed by atoms with E-state index in [9.17, 15) is 18.0 Å². The molecule has 4 rings (SSSR count). The third kappa shape index (κ3) is 9.13. The van der Waals surface area contributed by atoms with Gasteiger partial charge >= 0.3 is 0 Å². The zero-order valence-corrected chi connectivity index (χ0v) is 28.2. The smallest absolute Gasteiger partial charge is 0.264 e. The number of nitrogens with zero attached hydrogens (tertiary/aromatic N) is 2. The van der Waals surface area contributed by atoms with Gasteiger partial charge in [-0.05, 0) is 67.8 Å². The first-order valence-corrected chi connectivity index (χ1v) is 17.2. The van der Waals surface area contributed by atoms with Gasteiger partial charge in [-0.25, -0.2) is 8.42 Å². The molecule has 4 aromatic carbocycles. The maximum absolute atomic E-state index is 14.7. The van der Waals surface area contributed by atoms with E-state index in [-0.39, 0.29) is 35.5 Å². The Morgan fingerprint density at radius 3 is 2.13 bits per heavy atom. The van der Waals surface area contributed by atoms with Crippen LogP contribution in [0.25, 0.3) is 0 Å². The Kier molecular flexibility index (Phi) is 12.4. The van der Waals surface area contributed by atoms with Crippen LogP contribution in [0.5, 0.6) is 11.5 Å². The van der Waals surface area contributed by atoms with Gasteiger partial charge < -0.3 is 19.7 Å². The van der Waals surface area contributed by atoms with Crippen molar-refractivity contribution in [2.75, 3.05) is 24.6 Å². The summed E-state index contributed by atoms with van der Waals surface area (Å²) in [5.74, 6) is 0.0278. The lowest BCUT2D eigenvalue weighted by Crippen LogP contribution is -2.54. The standard InChI is InChI=1S/C37H43N3O6S/c1-5-28(3)38-37(42)34(25-29-16-9-7-10-17-29)39(26-30-18-15-19-31(24-30)45-4)36(41)27-40(33-22-13-14-23-35(33)46-6-2)47(43,44)32-20-11-8-12-21-32/h7-24,28,34H,5-6,25-27H2,1-4H3,(H,38,42)/t28-,34+/m1/s1. The number of methoxy groups -OCH3 is 1. The largest absolute Gasteiger partial charge is 0.497 e.